The van der Waals surface area contributed by atoms with Crippen LogP contribution in [0.15, 0.2) is 53.8 Å². The smallest absolute Gasteiger partial charge is 0.277 e. The molecule has 0 fully saturated rings. The molecule has 0 unspecified atom stereocenters. The second kappa shape index (κ2) is 7.64. The van der Waals surface area contributed by atoms with Gasteiger partial charge in [0.1, 0.15) is 11.5 Å². The summed E-state index contributed by atoms with van der Waals surface area (Å²) in [5.74, 6) is 0.962. The lowest BCUT2D eigenvalue weighted by molar-refractivity contribution is -0.123. The van der Waals surface area contributed by atoms with Crippen LogP contribution in [0.1, 0.15) is 5.69 Å². The molecule has 0 saturated heterocycles. The summed E-state index contributed by atoms with van der Waals surface area (Å²) in [4.78, 5) is 15.6. The van der Waals surface area contributed by atoms with Gasteiger partial charge in [0.2, 0.25) is 0 Å². The van der Waals surface area contributed by atoms with Crippen molar-refractivity contribution in [2.24, 2.45) is 5.10 Å². The van der Waals surface area contributed by atoms with Crippen molar-refractivity contribution in [1.82, 2.24) is 10.4 Å². The molecule has 0 bridgehead atoms. The molecule has 108 valence electrons. The molecule has 0 saturated carbocycles. The normalized spacial score (nSPS) is 10.3. The summed E-state index contributed by atoms with van der Waals surface area (Å²) in [6, 6.07) is 12.4. The van der Waals surface area contributed by atoms with Gasteiger partial charge >= 0.3 is 0 Å². The van der Waals surface area contributed by atoms with Crippen LogP contribution in [-0.2, 0) is 4.79 Å². The van der Waals surface area contributed by atoms with E-state index in [-0.39, 0.29) is 12.5 Å². The van der Waals surface area contributed by atoms with Crippen LogP contribution in [0.25, 0.3) is 0 Å². The zero-order chi connectivity index (χ0) is 14.9. The number of rotatable bonds is 6. The van der Waals surface area contributed by atoms with Crippen molar-refractivity contribution in [3.05, 3.63) is 54.4 Å². The highest BCUT2D eigenvalue weighted by Crippen LogP contribution is 2.16. The first kappa shape index (κ1) is 14.5. The molecule has 0 aliphatic rings. The Labute approximate surface area is 122 Å². The summed E-state index contributed by atoms with van der Waals surface area (Å²) >= 11 is 0. The Morgan fingerprint density at radius 3 is 2.67 bits per heavy atom. The van der Waals surface area contributed by atoms with E-state index in [0.29, 0.717) is 11.4 Å². The van der Waals surface area contributed by atoms with Crippen LogP contribution in [0, 0.1) is 0 Å². The van der Waals surface area contributed by atoms with Gasteiger partial charge in [0.05, 0.1) is 19.0 Å². The van der Waals surface area contributed by atoms with Gasteiger partial charge in [-0.1, -0.05) is 6.07 Å². The van der Waals surface area contributed by atoms with E-state index in [9.17, 15) is 4.79 Å². The number of ether oxygens (including phenoxy) is 2. The molecule has 21 heavy (non-hydrogen) atoms. The fourth-order valence-corrected chi connectivity index (χ4v) is 1.48. The standard InChI is InChI=1S/C15H15N3O3/c1-20-13-5-7-14(8-6-13)21-11-15(19)18-17-10-12-4-2-3-9-16-12/h2-10H,11H2,1H3,(H,18,19). The zero-order valence-corrected chi connectivity index (χ0v) is 11.5. The van der Waals surface area contributed by atoms with E-state index in [1.165, 1.54) is 6.21 Å². The SMILES string of the molecule is COc1ccc(OCC(=O)NN=Cc2ccccn2)cc1. The van der Waals surface area contributed by atoms with E-state index in [1.807, 2.05) is 6.07 Å². The van der Waals surface area contributed by atoms with Gasteiger partial charge in [-0.05, 0) is 36.4 Å². The zero-order valence-electron chi connectivity index (χ0n) is 11.5. The topological polar surface area (TPSA) is 72.8 Å². The van der Waals surface area contributed by atoms with Crippen LogP contribution in [-0.4, -0.2) is 30.8 Å². The molecule has 0 radical (unpaired) electrons. The minimum atomic E-state index is -0.349. The summed E-state index contributed by atoms with van der Waals surface area (Å²) in [5.41, 5.74) is 3.03. The van der Waals surface area contributed by atoms with Crippen LogP contribution < -0.4 is 14.9 Å². The highest BCUT2D eigenvalue weighted by Gasteiger charge is 2.01. The number of benzene rings is 1. The summed E-state index contributed by atoms with van der Waals surface area (Å²) < 4.78 is 10.3. The number of hydrazone groups is 1. The molecule has 2 rings (SSSR count). The number of carbonyl (C=O) groups is 1. The van der Waals surface area contributed by atoms with Gasteiger partial charge in [-0.3, -0.25) is 9.78 Å². The number of pyridine rings is 1. The quantitative estimate of drug-likeness (QED) is 0.646. The minimum Gasteiger partial charge on any atom is -0.497 e. The molecular formula is C15H15N3O3. The van der Waals surface area contributed by atoms with E-state index in [2.05, 4.69) is 15.5 Å². The van der Waals surface area contributed by atoms with Crippen molar-refractivity contribution in [3.8, 4) is 11.5 Å². The third kappa shape index (κ3) is 4.94. The summed E-state index contributed by atoms with van der Waals surface area (Å²) in [5, 5.41) is 3.79. The average Bonchev–Trinajstić information content (AvgIpc) is 2.54. The predicted octanol–water partition coefficient (Wildman–Crippen LogP) is 1.62. The first-order valence-electron chi connectivity index (χ1n) is 6.28. The molecule has 6 heteroatoms. The lowest BCUT2D eigenvalue weighted by atomic mass is 10.3. The molecule has 0 spiro atoms. The number of hydrogen-bond acceptors (Lipinski definition) is 5. The van der Waals surface area contributed by atoms with Gasteiger partial charge in [0.25, 0.3) is 5.91 Å². The van der Waals surface area contributed by atoms with Crippen LogP contribution in [0.5, 0.6) is 11.5 Å². The molecule has 1 aromatic carbocycles. The molecule has 2 aromatic rings. The minimum absolute atomic E-state index is 0.119. The molecule has 0 aliphatic carbocycles. The molecule has 0 atom stereocenters. The number of nitrogens with zero attached hydrogens (tertiary/aromatic N) is 2. The molecule has 0 aliphatic heterocycles. The number of hydrogen-bond donors (Lipinski definition) is 1. The fourth-order valence-electron chi connectivity index (χ4n) is 1.48. The maximum absolute atomic E-state index is 11.5. The molecule has 6 nitrogen and oxygen atoms in total. The second-order valence-electron chi connectivity index (χ2n) is 4.01. The maximum atomic E-state index is 11.5. The number of aromatic nitrogens is 1. The lowest BCUT2D eigenvalue weighted by Gasteiger charge is -2.05. The van der Waals surface area contributed by atoms with Crippen molar-refractivity contribution in [2.45, 2.75) is 0 Å². The van der Waals surface area contributed by atoms with Crippen LogP contribution in [0.4, 0.5) is 0 Å². The van der Waals surface area contributed by atoms with Gasteiger partial charge in [-0.15, -0.1) is 0 Å². The summed E-state index contributed by atoms with van der Waals surface area (Å²) in [6.07, 6.45) is 3.11. The first-order chi connectivity index (χ1) is 10.3. The second-order valence-corrected chi connectivity index (χ2v) is 4.01. The van der Waals surface area contributed by atoms with Gasteiger partial charge in [-0.25, -0.2) is 5.43 Å². The van der Waals surface area contributed by atoms with Crippen molar-refractivity contribution in [3.63, 3.8) is 0 Å². The average molecular weight is 285 g/mol. The Morgan fingerprint density at radius 2 is 2.00 bits per heavy atom. The molecule has 1 heterocycles. The number of amides is 1. The highest BCUT2D eigenvalue weighted by atomic mass is 16.5. The highest BCUT2D eigenvalue weighted by molar-refractivity contribution is 5.81. The summed E-state index contributed by atoms with van der Waals surface area (Å²) in [7, 11) is 1.59. The van der Waals surface area contributed by atoms with E-state index in [4.69, 9.17) is 9.47 Å². The van der Waals surface area contributed by atoms with Crippen molar-refractivity contribution in [1.29, 1.82) is 0 Å². The van der Waals surface area contributed by atoms with Crippen LogP contribution in [0.2, 0.25) is 0 Å². The Kier molecular flexibility index (Phi) is 5.28. The largest absolute Gasteiger partial charge is 0.497 e. The predicted molar refractivity (Wildman–Crippen MR) is 78.5 cm³/mol. The third-order valence-electron chi connectivity index (χ3n) is 2.50. The fraction of sp³-hybridized carbons (Fsp3) is 0.133. The number of methoxy groups -OCH3 is 1. The molecule has 1 aromatic heterocycles. The van der Waals surface area contributed by atoms with E-state index in [1.54, 1.807) is 49.7 Å². The van der Waals surface area contributed by atoms with Gasteiger partial charge in [0, 0.05) is 6.20 Å². The molecule has 1 N–H and O–H groups in total. The Hall–Kier alpha value is -2.89. The Morgan fingerprint density at radius 1 is 1.24 bits per heavy atom. The Bertz CT molecular complexity index is 597. The van der Waals surface area contributed by atoms with E-state index >= 15 is 0 Å². The van der Waals surface area contributed by atoms with Crippen molar-refractivity contribution < 1.29 is 14.3 Å². The monoisotopic (exact) mass is 285 g/mol. The number of carbonyl (C=O) groups excluding carboxylic acids is 1. The van der Waals surface area contributed by atoms with Crippen LogP contribution in [0.3, 0.4) is 0 Å². The third-order valence-corrected chi connectivity index (χ3v) is 2.50. The van der Waals surface area contributed by atoms with Crippen LogP contribution >= 0.6 is 0 Å². The van der Waals surface area contributed by atoms with Gasteiger partial charge in [-0.2, -0.15) is 5.10 Å². The maximum Gasteiger partial charge on any atom is 0.277 e. The van der Waals surface area contributed by atoms with E-state index in [0.717, 1.165) is 5.75 Å². The summed E-state index contributed by atoms with van der Waals surface area (Å²) in [6.45, 7) is -0.119. The van der Waals surface area contributed by atoms with Gasteiger partial charge in [0.15, 0.2) is 6.61 Å². The first-order valence-corrected chi connectivity index (χ1v) is 6.28. The molecule has 1 amide bonds. The molecular weight excluding hydrogens is 270 g/mol. The van der Waals surface area contributed by atoms with E-state index < -0.39 is 0 Å². The van der Waals surface area contributed by atoms with Crippen molar-refractivity contribution >= 4 is 12.1 Å². The van der Waals surface area contributed by atoms with Gasteiger partial charge < -0.3 is 9.47 Å². The Balaban J connectivity index is 1.75. The number of nitrogens with one attached hydrogen (secondary N) is 1. The van der Waals surface area contributed by atoms with Crippen molar-refractivity contribution in [2.75, 3.05) is 13.7 Å². The lowest BCUT2D eigenvalue weighted by Crippen LogP contribution is -2.24.